The van der Waals surface area contributed by atoms with Gasteiger partial charge in [-0.05, 0) is 49.8 Å². The molecule has 1 fully saturated rings. The van der Waals surface area contributed by atoms with Crippen molar-refractivity contribution in [2.45, 2.75) is 72.2 Å². The number of imidazole rings is 1. The van der Waals surface area contributed by atoms with E-state index in [0.29, 0.717) is 13.2 Å². The van der Waals surface area contributed by atoms with Crippen LogP contribution in [0.25, 0.3) is 0 Å². The fraction of sp³-hybridized carbons (Fsp3) is 0.591. The molecule has 1 atom stereocenters. The Kier molecular flexibility index (Phi) is 5.96. The number of aryl methyl sites for hydroxylation is 3. The molecule has 2 aliphatic rings. The van der Waals surface area contributed by atoms with Crippen LogP contribution in [0.15, 0.2) is 6.20 Å². The number of aromatic amines is 1. The largest absolute Gasteiger partial charge is 0.368 e. The first-order chi connectivity index (χ1) is 14.0. The van der Waals surface area contributed by atoms with E-state index in [1.54, 1.807) is 0 Å². The molecule has 1 saturated heterocycles. The second-order valence-corrected chi connectivity index (χ2v) is 8.11. The van der Waals surface area contributed by atoms with Gasteiger partial charge in [0.25, 0.3) is 0 Å². The van der Waals surface area contributed by atoms with Gasteiger partial charge in [-0.3, -0.25) is 14.7 Å². The monoisotopic (exact) mass is 397 g/mol. The number of carbonyl (C=O) groups is 1. The predicted octanol–water partition coefficient (Wildman–Crippen LogP) is 2.34. The van der Waals surface area contributed by atoms with Gasteiger partial charge >= 0.3 is 0 Å². The van der Waals surface area contributed by atoms with Crippen LogP contribution in [0.5, 0.6) is 0 Å². The number of hydrogen-bond acceptors (Lipinski definition) is 5. The third kappa shape index (κ3) is 4.36. The molecule has 2 N–H and O–H groups in total. The maximum Gasteiger partial charge on any atom is 0.249 e. The van der Waals surface area contributed by atoms with Crippen LogP contribution in [-0.2, 0) is 42.0 Å². The molecule has 2 aromatic rings. The van der Waals surface area contributed by atoms with E-state index in [0.717, 1.165) is 73.8 Å². The summed E-state index contributed by atoms with van der Waals surface area (Å²) in [5, 5.41) is 3.07. The molecule has 0 aliphatic carbocycles. The quantitative estimate of drug-likeness (QED) is 0.782. The Balaban J connectivity index is 1.44. The first kappa shape index (κ1) is 20.0. The number of nitrogens with zero attached hydrogens (tertiary/aromatic N) is 3. The second kappa shape index (κ2) is 8.63. The highest BCUT2D eigenvalue weighted by molar-refractivity contribution is 5.81. The number of hydrogen-bond donors (Lipinski definition) is 2. The number of amides is 1. The minimum atomic E-state index is -0.289. The van der Waals surface area contributed by atoms with Gasteiger partial charge in [-0.15, -0.1) is 0 Å². The lowest BCUT2D eigenvalue weighted by Gasteiger charge is -2.30. The van der Waals surface area contributed by atoms with Gasteiger partial charge in [0.1, 0.15) is 11.9 Å². The maximum absolute atomic E-state index is 12.3. The number of carbonyl (C=O) groups excluding carboxylic acids is 1. The number of aromatic nitrogens is 3. The summed E-state index contributed by atoms with van der Waals surface area (Å²) in [6, 6.07) is 0. The molecule has 1 amide bonds. The Labute approximate surface area is 172 Å². The first-order valence-electron chi connectivity index (χ1n) is 10.7. The lowest BCUT2D eigenvalue weighted by molar-refractivity contribution is -0.130. The van der Waals surface area contributed by atoms with Crippen molar-refractivity contribution in [3.63, 3.8) is 0 Å². The SMILES string of the molecule is CCc1nc(CN2CCc3c(cnc(C)c3CNC(=O)C3CCCO3)C2)c(C)[nH]1. The topological polar surface area (TPSA) is 83.1 Å². The molecule has 0 aromatic carbocycles. The smallest absolute Gasteiger partial charge is 0.249 e. The van der Waals surface area contributed by atoms with Crippen molar-refractivity contribution in [2.24, 2.45) is 0 Å². The average Bonchev–Trinajstić information content (AvgIpc) is 3.37. The molecule has 7 heteroatoms. The Hall–Kier alpha value is -2.25. The van der Waals surface area contributed by atoms with Gasteiger partial charge in [-0.1, -0.05) is 6.92 Å². The van der Waals surface area contributed by atoms with Crippen LogP contribution in [0.4, 0.5) is 0 Å². The Bertz CT molecular complexity index is 886. The van der Waals surface area contributed by atoms with Crippen LogP contribution in [0.2, 0.25) is 0 Å². The molecule has 1 unspecified atom stereocenters. The van der Waals surface area contributed by atoms with E-state index < -0.39 is 0 Å². The molecular weight excluding hydrogens is 366 g/mol. The summed E-state index contributed by atoms with van der Waals surface area (Å²) < 4.78 is 5.49. The fourth-order valence-corrected chi connectivity index (χ4v) is 4.32. The number of pyridine rings is 1. The molecule has 2 aromatic heterocycles. The third-order valence-electron chi connectivity index (χ3n) is 6.08. The zero-order valence-corrected chi connectivity index (χ0v) is 17.7. The van der Waals surface area contributed by atoms with Gasteiger partial charge in [0.05, 0.1) is 5.69 Å². The van der Waals surface area contributed by atoms with Crippen molar-refractivity contribution < 1.29 is 9.53 Å². The molecule has 0 saturated carbocycles. The van der Waals surface area contributed by atoms with Crippen molar-refractivity contribution in [1.82, 2.24) is 25.2 Å². The first-order valence-corrected chi connectivity index (χ1v) is 10.7. The minimum Gasteiger partial charge on any atom is -0.368 e. The van der Waals surface area contributed by atoms with Crippen molar-refractivity contribution in [3.8, 4) is 0 Å². The average molecular weight is 398 g/mol. The number of rotatable bonds is 6. The summed E-state index contributed by atoms with van der Waals surface area (Å²) in [6.07, 6.45) is 5.38. The van der Waals surface area contributed by atoms with E-state index in [9.17, 15) is 4.79 Å². The van der Waals surface area contributed by atoms with E-state index in [1.807, 2.05) is 13.1 Å². The molecule has 0 radical (unpaired) electrons. The summed E-state index contributed by atoms with van der Waals surface area (Å²) in [6.45, 7) is 10.1. The van der Waals surface area contributed by atoms with Crippen molar-refractivity contribution in [1.29, 1.82) is 0 Å². The zero-order chi connectivity index (χ0) is 20.4. The molecule has 0 spiro atoms. The maximum atomic E-state index is 12.3. The number of ether oxygens (including phenoxy) is 1. The summed E-state index contributed by atoms with van der Waals surface area (Å²) in [5.41, 5.74) is 7.06. The van der Waals surface area contributed by atoms with Gasteiger partial charge in [-0.2, -0.15) is 0 Å². The molecular formula is C22H31N5O2. The molecule has 4 heterocycles. The number of H-pyrrole nitrogens is 1. The minimum absolute atomic E-state index is 0.00215. The van der Waals surface area contributed by atoms with Crippen molar-refractivity contribution in [2.75, 3.05) is 13.2 Å². The van der Waals surface area contributed by atoms with Gasteiger partial charge in [0, 0.05) is 56.8 Å². The molecule has 156 valence electrons. The van der Waals surface area contributed by atoms with E-state index in [1.165, 1.54) is 11.1 Å². The van der Waals surface area contributed by atoms with Gasteiger partial charge in [0.15, 0.2) is 0 Å². The Morgan fingerprint density at radius 1 is 1.41 bits per heavy atom. The van der Waals surface area contributed by atoms with Gasteiger partial charge in [-0.25, -0.2) is 4.98 Å². The van der Waals surface area contributed by atoms with Gasteiger partial charge in [0.2, 0.25) is 5.91 Å². The molecule has 0 bridgehead atoms. The zero-order valence-electron chi connectivity index (χ0n) is 17.7. The summed E-state index contributed by atoms with van der Waals surface area (Å²) in [7, 11) is 0. The molecule has 7 nitrogen and oxygen atoms in total. The third-order valence-corrected chi connectivity index (χ3v) is 6.08. The normalized spacial score (nSPS) is 19.3. The van der Waals surface area contributed by atoms with E-state index in [-0.39, 0.29) is 12.0 Å². The highest BCUT2D eigenvalue weighted by atomic mass is 16.5. The van der Waals surface area contributed by atoms with Crippen LogP contribution in [0.3, 0.4) is 0 Å². The van der Waals surface area contributed by atoms with E-state index in [4.69, 9.17) is 9.72 Å². The molecule has 2 aliphatic heterocycles. The van der Waals surface area contributed by atoms with Crippen molar-refractivity contribution in [3.05, 3.63) is 45.8 Å². The second-order valence-electron chi connectivity index (χ2n) is 8.11. The summed E-state index contributed by atoms with van der Waals surface area (Å²) in [5.74, 6) is 1.05. The Morgan fingerprint density at radius 2 is 2.28 bits per heavy atom. The van der Waals surface area contributed by atoms with Crippen LogP contribution in [0.1, 0.15) is 59.4 Å². The summed E-state index contributed by atoms with van der Waals surface area (Å²) in [4.78, 5) is 27.5. The van der Waals surface area contributed by atoms with Crippen LogP contribution < -0.4 is 5.32 Å². The van der Waals surface area contributed by atoms with Crippen molar-refractivity contribution >= 4 is 5.91 Å². The lowest BCUT2D eigenvalue weighted by Crippen LogP contribution is -2.35. The highest BCUT2D eigenvalue weighted by Crippen LogP contribution is 2.25. The van der Waals surface area contributed by atoms with E-state index in [2.05, 4.69) is 34.0 Å². The van der Waals surface area contributed by atoms with E-state index >= 15 is 0 Å². The van der Waals surface area contributed by atoms with Crippen LogP contribution >= 0.6 is 0 Å². The predicted molar refractivity (Wildman–Crippen MR) is 110 cm³/mol. The highest BCUT2D eigenvalue weighted by Gasteiger charge is 2.25. The Morgan fingerprint density at radius 3 is 3.00 bits per heavy atom. The summed E-state index contributed by atoms with van der Waals surface area (Å²) >= 11 is 0. The molecule has 4 rings (SSSR count). The fourth-order valence-electron chi connectivity index (χ4n) is 4.32. The van der Waals surface area contributed by atoms with Crippen LogP contribution in [-0.4, -0.2) is 45.0 Å². The molecule has 29 heavy (non-hydrogen) atoms. The standard InChI is InChI=1S/C22H31N5O2/c1-4-21-25-15(3)19(26-21)13-27-8-7-17-16(12-27)10-23-14(2)18(17)11-24-22(28)20-6-5-9-29-20/h10,20H,4-9,11-13H2,1-3H3,(H,24,28)(H,25,26). The van der Waals surface area contributed by atoms with Crippen LogP contribution in [0, 0.1) is 13.8 Å². The lowest BCUT2D eigenvalue weighted by atomic mass is 9.94. The van der Waals surface area contributed by atoms with Gasteiger partial charge < -0.3 is 15.0 Å². The number of nitrogens with one attached hydrogen (secondary N) is 2. The number of fused-ring (bicyclic) bond motifs is 1.